The Balaban J connectivity index is 0. The van der Waals surface area contributed by atoms with Gasteiger partial charge in [0.25, 0.3) is 0 Å². The summed E-state index contributed by atoms with van der Waals surface area (Å²) < 4.78 is 0. The Kier molecular flexibility index (Phi) is 12.0. The van der Waals surface area contributed by atoms with Crippen LogP contribution in [0.3, 0.4) is 0 Å². The number of hydrogen-bond donors (Lipinski definition) is 0. The molecule has 0 N–H and O–H groups in total. The van der Waals surface area contributed by atoms with Gasteiger partial charge in [-0.05, 0) is 0 Å². The molecular formula is C8H9Cl3. The smallest absolute Gasteiger partial charge is 0.0514 e. The van der Waals surface area contributed by atoms with Gasteiger partial charge in [-0.15, -0.1) is 0 Å². The van der Waals surface area contributed by atoms with Crippen LogP contribution in [-0.2, 0) is 0 Å². The van der Waals surface area contributed by atoms with Crippen LogP contribution in [0.4, 0.5) is 0 Å². The summed E-state index contributed by atoms with van der Waals surface area (Å²) in [6.45, 7) is 9.96. The highest BCUT2D eigenvalue weighted by atomic mass is 35.5. The van der Waals surface area contributed by atoms with Crippen LogP contribution in [0.2, 0.25) is 0 Å². The third-order valence-corrected chi connectivity index (χ3v) is 1.20. The normalized spacial score (nSPS) is 8.27. The van der Waals surface area contributed by atoms with Gasteiger partial charge in [0.15, 0.2) is 0 Å². The van der Waals surface area contributed by atoms with Gasteiger partial charge in [0.2, 0.25) is 0 Å². The Hall–Kier alpha value is -0.170. The molecule has 11 heavy (non-hydrogen) atoms. The van der Waals surface area contributed by atoms with Crippen LogP contribution in [0.1, 0.15) is 0 Å². The van der Waals surface area contributed by atoms with Crippen molar-refractivity contribution in [2.45, 2.75) is 0 Å². The van der Waals surface area contributed by atoms with E-state index >= 15 is 0 Å². The van der Waals surface area contributed by atoms with E-state index in [2.05, 4.69) is 19.7 Å². The molecule has 0 aromatic heterocycles. The minimum absolute atomic E-state index is 0.302. The highest BCUT2D eigenvalue weighted by Gasteiger charge is 1.84. The Labute approximate surface area is 82.5 Å². The third kappa shape index (κ3) is 17.7. The minimum Gasteiger partial charge on any atom is -0.0990 e. The van der Waals surface area contributed by atoms with Gasteiger partial charge in [-0.2, -0.15) is 0 Å². The van der Waals surface area contributed by atoms with Crippen LogP contribution >= 0.6 is 34.8 Å². The average molecular weight is 212 g/mol. The first-order chi connectivity index (χ1) is 5.06. The predicted octanol–water partition coefficient (Wildman–Crippen LogP) is 4.42. The molecule has 0 aromatic rings. The quantitative estimate of drug-likeness (QED) is 0.593. The molecule has 0 saturated carbocycles. The minimum atomic E-state index is 0.302. The summed E-state index contributed by atoms with van der Waals surface area (Å²) in [6, 6.07) is 0. The molecule has 0 aliphatic rings. The number of hydrogen-bond acceptors (Lipinski definition) is 0. The van der Waals surface area contributed by atoms with Gasteiger partial charge in [0.1, 0.15) is 0 Å². The molecule has 0 radical (unpaired) electrons. The second-order valence-corrected chi connectivity index (χ2v) is 2.53. The van der Waals surface area contributed by atoms with Crippen molar-refractivity contribution in [2.75, 3.05) is 0 Å². The van der Waals surface area contributed by atoms with E-state index in [1.165, 1.54) is 5.54 Å². The van der Waals surface area contributed by atoms with E-state index in [4.69, 9.17) is 34.8 Å². The average Bonchev–Trinajstić information content (AvgIpc) is 1.90. The Morgan fingerprint density at radius 2 is 1.45 bits per heavy atom. The van der Waals surface area contributed by atoms with Gasteiger partial charge in [-0.3, -0.25) is 0 Å². The van der Waals surface area contributed by atoms with E-state index in [0.717, 1.165) is 0 Å². The Morgan fingerprint density at radius 3 is 1.45 bits per heavy atom. The summed E-state index contributed by atoms with van der Waals surface area (Å²) in [7, 11) is 0. The van der Waals surface area contributed by atoms with E-state index in [-0.39, 0.29) is 0 Å². The molecule has 0 fully saturated rings. The monoisotopic (exact) mass is 210 g/mol. The van der Waals surface area contributed by atoms with E-state index in [9.17, 15) is 0 Å². The zero-order valence-corrected chi connectivity index (χ0v) is 8.26. The molecule has 0 unspecified atom stereocenters. The van der Waals surface area contributed by atoms with Gasteiger partial charge in [-0.25, -0.2) is 0 Å². The summed E-state index contributed by atoms with van der Waals surface area (Å²) in [4.78, 5) is 0. The van der Waals surface area contributed by atoms with Crippen molar-refractivity contribution in [1.82, 2.24) is 0 Å². The molecular weight excluding hydrogens is 202 g/mol. The summed E-state index contributed by atoms with van der Waals surface area (Å²) in [6.07, 6.45) is 3.27. The maximum Gasteiger partial charge on any atom is 0.0514 e. The first kappa shape index (κ1) is 13.4. The van der Waals surface area contributed by atoms with Crippen LogP contribution < -0.4 is 0 Å². The van der Waals surface area contributed by atoms with Crippen molar-refractivity contribution in [3.8, 4) is 0 Å². The summed E-state index contributed by atoms with van der Waals surface area (Å²) >= 11 is 15.4. The van der Waals surface area contributed by atoms with Crippen LogP contribution in [-0.4, -0.2) is 0 Å². The third-order valence-electron chi connectivity index (χ3n) is 0.503. The molecule has 3 heteroatoms. The molecule has 0 aliphatic heterocycles. The second-order valence-electron chi connectivity index (χ2n) is 1.36. The van der Waals surface area contributed by atoms with Gasteiger partial charge < -0.3 is 0 Å². The molecule has 0 heterocycles. The summed E-state index contributed by atoms with van der Waals surface area (Å²) in [5.41, 5.74) is 1.41. The molecule has 0 rings (SSSR count). The molecule has 0 amide bonds. The summed E-state index contributed by atoms with van der Waals surface area (Å²) in [5.74, 6) is 0. The van der Waals surface area contributed by atoms with E-state index in [1.54, 1.807) is 12.2 Å². The van der Waals surface area contributed by atoms with Gasteiger partial charge in [0.05, 0.1) is 10.1 Å². The largest absolute Gasteiger partial charge is 0.0990 e. The predicted molar refractivity (Wildman–Crippen MR) is 55.2 cm³/mol. The first-order valence-electron chi connectivity index (χ1n) is 2.63. The number of rotatable bonds is 2. The second kappa shape index (κ2) is 9.83. The lowest BCUT2D eigenvalue weighted by molar-refractivity contribution is 1.94. The molecule has 0 aliphatic carbocycles. The lowest BCUT2D eigenvalue weighted by atomic mass is 10.6. The lowest BCUT2D eigenvalue weighted by Crippen LogP contribution is -1.57. The fourth-order valence-electron chi connectivity index (χ4n) is 0.0514. The van der Waals surface area contributed by atoms with Crippen molar-refractivity contribution in [3.63, 3.8) is 0 Å². The standard InChI is InChI=1S/C4H4Cl2.C4H5Cl/c1-3(5)4(2)6;1-2-3-4-5/h1-2H2;2-4H,1H2/b;4-3+. The highest BCUT2D eigenvalue weighted by molar-refractivity contribution is 6.43. The van der Waals surface area contributed by atoms with Crippen LogP contribution in [0.15, 0.2) is 47.5 Å². The van der Waals surface area contributed by atoms with Gasteiger partial charge >= 0.3 is 0 Å². The SMILES string of the molecule is C=C(Cl)C(=C)Cl.C=C/C=C/Cl. The molecule has 62 valence electrons. The maximum absolute atomic E-state index is 5.19. The molecule has 0 aromatic carbocycles. The molecule has 0 bridgehead atoms. The summed E-state index contributed by atoms with van der Waals surface area (Å²) in [5, 5.41) is 0.605. The van der Waals surface area contributed by atoms with Crippen LogP contribution in [0.5, 0.6) is 0 Å². The van der Waals surface area contributed by atoms with Gasteiger partial charge in [0, 0.05) is 5.54 Å². The van der Waals surface area contributed by atoms with Crippen LogP contribution in [0, 0.1) is 0 Å². The van der Waals surface area contributed by atoms with Gasteiger partial charge in [-0.1, -0.05) is 66.7 Å². The Morgan fingerprint density at radius 1 is 1.09 bits per heavy atom. The van der Waals surface area contributed by atoms with Crippen molar-refractivity contribution >= 4 is 34.8 Å². The van der Waals surface area contributed by atoms with Crippen molar-refractivity contribution in [3.05, 3.63) is 47.5 Å². The van der Waals surface area contributed by atoms with E-state index in [0.29, 0.717) is 10.1 Å². The topological polar surface area (TPSA) is 0 Å². The zero-order chi connectivity index (χ0) is 9.28. The molecule has 0 nitrogen and oxygen atoms in total. The number of allylic oxidation sites excluding steroid dienone is 4. The fourth-order valence-corrected chi connectivity index (χ4v) is 0.154. The van der Waals surface area contributed by atoms with Crippen molar-refractivity contribution < 1.29 is 0 Å². The molecule has 0 saturated heterocycles. The number of halogens is 3. The van der Waals surface area contributed by atoms with E-state index < -0.39 is 0 Å². The Bertz CT molecular complexity index is 156. The maximum atomic E-state index is 5.19. The fraction of sp³-hybridized carbons (Fsp3) is 0. The van der Waals surface area contributed by atoms with E-state index in [1.807, 2.05) is 0 Å². The highest BCUT2D eigenvalue weighted by Crippen LogP contribution is 2.12. The molecule has 0 spiro atoms. The van der Waals surface area contributed by atoms with Crippen LogP contribution in [0.25, 0.3) is 0 Å². The zero-order valence-electron chi connectivity index (χ0n) is 5.99. The van der Waals surface area contributed by atoms with Crippen molar-refractivity contribution in [1.29, 1.82) is 0 Å². The van der Waals surface area contributed by atoms with Crippen molar-refractivity contribution in [2.24, 2.45) is 0 Å². The molecule has 0 atom stereocenters. The lowest BCUT2D eigenvalue weighted by Gasteiger charge is -1.81. The first-order valence-corrected chi connectivity index (χ1v) is 3.82.